The number of benzene rings is 1. The number of nitrogens with one attached hydrogen (secondary N) is 1. The van der Waals surface area contributed by atoms with E-state index in [4.69, 9.17) is 4.74 Å². The van der Waals surface area contributed by atoms with Crippen molar-refractivity contribution in [2.24, 2.45) is 17.8 Å². The van der Waals surface area contributed by atoms with Crippen LogP contribution >= 0.6 is 0 Å². The number of carbonyl (C=O) groups excluding carboxylic acids is 1. The van der Waals surface area contributed by atoms with E-state index in [9.17, 15) is 14.9 Å². The highest BCUT2D eigenvalue weighted by molar-refractivity contribution is 5.93. The van der Waals surface area contributed by atoms with Crippen LogP contribution in [0.1, 0.15) is 48.9 Å². The van der Waals surface area contributed by atoms with E-state index in [-0.39, 0.29) is 11.3 Å². The standard InChI is InChI=1S/C20H26N2O4/c1-21(20-11-14-8-15(12-20)10-16(9-14)13-20)6-7-26-19(23)17-4-2-3-5-18(17)22(24)25/h2-5,14-16H,6-13H2,1H3/p+1. The largest absolute Gasteiger partial charge is 0.456 e. The number of esters is 1. The fourth-order valence-electron chi connectivity index (χ4n) is 6.08. The average Bonchev–Trinajstić information content (AvgIpc) is 2.60. The van der Waals surface area contributed by atoms with Gasteiger partial charge in [0.2, 0.25) is 0 Å². The molecule has 1 aromatic rings. The maximum absolute atomic E-state index is 12.3. The van der Waals surface area contributed by atoms with Crippen molar-refractivity contribution in [1.82, 2.24) is 0 Å². The van der Waals surface area contributed by atoms with Gasteiger partial charge in [-0.3, -0.25) is 10.1 Å². The highest BCUT2D eigenvalue weighted by atomic mass is 16.6. The molecule has 0 aromatic heterocycles. The molecule has 1 unspecified atom stereocenters. The summed E-state index contributed by atoms with van der Waals surface area (Å²) in [6, 6.07) is 5.97. The number of rotatable bonds is 6. The zero-order chi connectivity index (χ0) is 18.3. The molecule has 6 heteroatoms. The molecule has 0 amide bonds. The molecule has 1 aromatic carbocycles. The molecule has 0 heterocycles. The van der Waals surface area contributed by atoms with Crippen LogP contribution in [0.15, 0.2) is 24.3 Å². The molecule has 4 bridgehead atoms. The van der Waals surface area contributed by atoms with E-state index in [0.717, 1.165) is 24.3 Å². The van der Waals surface area contributed by atoms with Crippen molar-refractivity contribution in [1.29, 1.82) is 0 Å². The fourth-order valence-corrected chi connectivity index (χ4v) is 6.08. The number of para-hydroxylation sites is 1. The fraction of sp³-hybridized carbons (Fsp3) is 0.650. The highest BCUT2D eigenvalue weighted by Gasteiger charge is 2.55. The molecule has 1 N–H and O–H groups in total. The molecule has 6 nitrogen and oxygen atoms in total. The summed E-state index contributed by atoms with van der Waals surface area (Å²) in [5.74, 6) is 2.08. The molecular weight excluding hydrogens is 332 g/mol. The number of hydrogen-bond donors (Lipinski definition) is 1. The van der Waals surface area contributed by atoms with Crippen LogP contribution in [0.3, 0.4) is 0 Å². The molecule has 4 saturated carbocycles. The number of likely N-dealkylation sites (N-methyl/N-ethyl adjacent to an activating group) is 1. The van der Waals surface area contributed by atoms with E-state index in [1.165, 1.54) is 55.6 Å². The Labute approximate surface area is 153 Å². The van der Waals surface area contributed by atoms with E-state index in [2.05, 4.69) is 7.05 Å². The SMILES string of the molecule is C[NH+](CCOC(=O)c1ccccc1[N+](=O)[O-])C12CC3CC(CC(C3)C1)C2. The average molecular weight is 359 g/mol. The number of nitrogens with zero attached hydrogens (tertiary/aromatic N) is 1. The van der Waals surface area contributed by atoms with Gasteiger partial charge in [-0.05, 0) is 43.1 Å². The van der Waals surface area contributed by atoms with Gasteiger partial charge in [0.15, 0.2) is 0 Å². The molecule has 5 rings (SSSR count). The van der Waals surface area contributed by atoms with Gasteiger partial charge < -0.3 is 9.64 Å². The summed E-state index contributed by atoms with van der Waals surface area (Å²) in [5.41, 5.74) is 0.198. The normalized spacial score (nSPS) is 33.0. The Kier molecular flexibility index (Phi) is 4.47. The number of hydrogen-bond acceptors (Lipinski definition) is 4. The van der Waals surface area contributed by atoms with Crippen LogP contribution in [0.2, 0.25) is 0 Å². The van der Waals surface area contributed by atoms with E-state index in [0.29, 0.717) is 12.1 Å². The first-order chi connectivity index (χ1) is 12.5. The topological polar surface area (TPSA) is 73.9 Å². The van der Waals surface area contributed by atoms with Gasteiger partial charge in [0.1, 0.15) is 18.7 Å². The molecular formula is C20H27N2O4+. The molecule has 1 atom stereocenters. The van der Waals surface area contributed by atoms with Crippen LogP contribution in [0.5, 0.6) is 0 Å². The maximum Gasteiger partial charge on any atom is 0.345 e. The second-order valence-corrected chi connectivity index (χ2v) is 8.64. The third-order valence-corrected chi connectivity index (χ3v) is 6.97. The van der Waals surface area contributed by atoms with E-state index in [1.54, 1.807) is 12.1 Å². The predicted octanol–water partition coefficient (Wildman–Crippen LogP) is 2.24. The molecule has 0 saturated heterocycles. The van der Waals surface area contributed by atoms with Crippen molar-refractivity contribution >= 4 is 11.7 Å². The summed E-state index contributed by atoms with van der Waals surface area (Å²) in [6.45, 7) is 1.07. The zero-order valence-corrected chi connectivity index (χ0v) is 15.3. The second kappa shape index (κ2) is 6.65. The minimum Gasteiger partial charge on any atom is -0.456 e. The maximum atomic E-state index is 12.3. The van der Waals surface area contributed by atoms with Crippen LogP contribution in [0, 0.1) is 27.9 Å². The summed E-state index contributed by atoms with van der Waals surface area (Å²) in [5, 5.41) is 11.1. The van der Waals surface area contributed by atoms with Crippen molar-refractivity contribution in [3.63, 3.8) is 0 Å². The monoisotopic (exact) mass is 359 g/mol. The quantitative estimate of drug-likeness (QED) is 0.480. The Hall–Kier alpha value is -1.95. The number of ether oxygens (including phenoxy) is 1. The summed E-state index contributed by atoms with van der Waals surface area (Å²) in [4.78, 5) is 24.3. The Morgan fingerprint density at radius 1 is 1.19 bits per heavy atom. The van der Waals surface area contributed by atoms with Crippen LogP contribution in [-0.4, -0.2) is 36.6 Å². The van der Waals surface area contributed by atoms with Crippen LogP contribution in [0.25, 0.3) is 0 Å². The zero-order valence-electron chi connectivity index (χ0n) is 15.3. The number of carbonyl (C=O) groups is 1. The van der Waals surface area contributed by atoms with Gasteiger partial charge in [-0.25, -0.2) is 4.79 Å². The first-order valence-electron chi connectivity index (χ1n) is 9.70. The van der Waals surface area contributed by atoms with Gasteiger partial charge in [0, 0.05) is 25.3 Å². The van der Waals surface area contributed by atoms with Crippen molar-refractivity contribution in [3.8, 4) is 0 Å². The van der Waals surface area contributed by atoms with Gasteiger partial charge in [0.25, 0.3) is 5.69 Å². The van der Waals surface area contributed by atoms with Gasteiger partial charge in [-0.2, -0.15) is 0 Å². The number of nitro groups is 1. The minimum absolute atomic E-state index is 0.0324. The number of nitro benzene ring substituents is 1. The highest BCUT2D eigenvalue weighted by Crippen LogP contribution is 2.54. The first kappa shape index (κ1) is 17.5. The summed E-state index contributed by atoms with van der Waals surface area (Å²) in [6.07, 6.45) is 8.17. The summed E-state index contributed by atoms with van der Waals surface area (Å²) in [7, 11) is 2.23. The smallest absolute Gasteiger partial charge is 0.345 e. The van der Waals surface area contributed by atoms with Crippen LogP contribution < -0.4 is 4.90 Å². The third kappa shape index (κ3) is 3.11. The van der Waals surface area contributed by atoms with Crippen molar-refractivity contribution < 1.29 is 19.4 Å². The lowest BCUT2D eigenvalue weighted by atomic mass is 9.52. The van der Waals surface area contributed by atoms with E-state index < -0.39 is 10.9 Å². The Bertz CT molecular complexity index is 682. The molecule has 26 heavy (non-hydrogen) atoms. The molecule has 140 valence electrons. The van der Waals surface area contributed by atoms with Crippen molar-refractivity contribution in [3.05, 3.63) is 39.9 Å². The van der Waals surface area contributed by atoms with Gasteiger partial charge in [-0.1, -0.05) is 12.1 Å². The van der Waals surface area contributed by atoms with Crippen molar-refractivity contribution in [2.45, 2.75) is 44.1 Å². The molecule has 4 aliphatic rings. The molecule has 0 radical (unpaired) electrons. The van der Waals surface area contributed by atoms with Crippen molar-refractivity contribution in [2.75, 3.05) is 20.2 Å². The lowest BCUT2D eigenvalue weighted by Gasteiger charge is -2.57. The Morgan fingerprint density at radius 3 is 2.35 bits per heavy atom. The Morgan fingerprint density at radius 2 is 1.77 bits per heavy atom. The summed E-state index contributed by atoms with van der Waals surface area (Å²) >= 11 is 0. The van der Waals surface area contributed by atoms with Gasteiger partial charge in [-0.15, -0.1) is 0 Å². The van der Waals surface area contributed by atoms with Crippen LogP contribution in [-0.2, 0) is 4.74 Å². The Balaban J connectivity index is 1.35. The number of quaternary nitrogens is 1. The van der Waals surface area contributed by atoms with E-state index >= 15 is 0 Å². The van der Waals surface area contributed by atoms with Gasteiger partial charge in [0.05, 0.1) is 17.5 Å². The van der Waals surface area contributed by atoms with E-state index in [1.807, 2.05) is 0 Å². The third-order valence-electron chi connectivity index (χ3n) is 6.97. The lowest BCUT2D eigenvalue weighted by Crippen LogP contribution is -3.19. The molecule has 0 spiro atoms. The van der Waals surface area contributed by atoms with Gasteiger partial charge >= 0.3 is 5.97 Å². The summed E-state index contributed by atoms with van der Waals surface area (Å²) < 4.78 is 5.39. The first-order valence-corrected chi connectivity index (χ1v) is 9.70. The molecule has 4 fully saturated rings. The minimum atomic E-state index is -0.601. The molecule has 0 aliphatic heterocycles. The predicted molar refractivity (Wildman–Crippen MR) is 96.0 cm³/mol. The van der Waals surface area contributed by atoms with Crippen LogP contribution in [0.4, 0.5) is 5.69 Å². The molecule has 4 aliphatic carbocycles. The lowest BCUT2D eigenvalue weighted by molar-refractivity contribution is -0.941. The second-order valence-electron chi connectivity index (χ2n) is 8.64.